The molecule has 8 rings (SSSR count). The van der Waals surface area contributed by atoms with Gasteiger partial charge >= 0.3 is 0 Å². The molecule has 1 heteroatoms. The Hall–Kier alpha value is -5.14. The third-order valence-electron chi connectivity index (χ3n) is 8.95. The number of fused-ring (bicyclic) bond motifs is 5. The molecule has 0 aliphatic heterocycles. The van der Waals surface area contributed by atoms with Crippen molar-refractivity contribution in [3.8, 4) is 39.1 Å². The van der Waals surface area contributed by atoms with Gasteiger partial charge in [0.15, 0.2) is 0 Å². The van der Waals surface area contributed by atoms with Gasteiger partial charge in [-0.05, 0) is 102 Å². The topological polar surface area (TPSA) is 20.2 Å². The molecule has 0 aromatic heterocycles. The van der Waals surface area contributed by atoms with Crippen LogP contribution in [-0.2, 0) is 0 Å². The number of aromatic hydroxyl groups is 1. The summed E-state index contributed by atoms with van der Waals surface area (Å²) in [6, 6.07) is 45.5. The third kappa shape index (κ3) is 3.78. The van der Waals surface area contributed by atoms with E-state index in [-0.39, 0.29) is 0 Å². The fraction of sp³-hybridized carbons (Fsp3) is 0.0732. The van der Waals surface area contributed by atoms with Gasteiger partial charge < -0.3 is 5.11 Å². The number of hydrogen-bond donors (Lipinski definition) is 1. The Morgan fingerprint density at radius 3 is 1.88 bits per heavy atom. The van der Waals surface area contributed by atoms with Gasteiger partial charge in [0, 0.05) is 5.39 Å². The van der Waals surface area contributed by atoms with Gasteiger partial charge in [0.1, 0.15) is 5.75 Å². The second-order valence-corrected chi connectivity index (χ2v) is 11.5. The second-order valence-electron chi connectivity index (χ2n) is 11.5. The maximum absolute atomic E-state index is 11.0. The van der Waals surface area contributed by atoms with Crippen LogP contribution in [0.1, 0.15) is 30.4 Å². The molecule has 0 fully saturated rings. The lowest BCUT2D eigenvalue weighted by Crippen LogP contribution is -2.04. The monoisotopic (exact) mass is 538 g/mol. The van der Waals surface area contributed by atoms with Crippen LogP contribution in [0.2, 0.25) is 0 Å². The summed E-state index contributed by atoms with van der Waals surface area (Å²) in [7, 11) is 0. The van der Waals surface area contributed by atoms with E-state index < -0.39 is 0 Å². The van der Waals surface area contributed by atoms with E-state index in [9.17, 15) is 5.11 Å². The summed E-state index contributed by atoms with van der Waals surface area (Å²) in [6.07, 6.45) is 5.53. The molecule has 1 aliphatic carbocycles. The first-order valence-corrected chi connectivity index (χ1v) is 14.7. The van der Waals surface area contributed by atoms with Crippen LogP contribution >= 0.6 is 0 Å². The van der Waals surface area contributed by atoms with E-state index in [0.717, 1.165) is 17.2 Å². The van der Waals surface area contributed by atoms with Crippen LogP contribution in [-0.4, -0.2) is 5.11 Å². The van der Waals surface area contributed by atoms with Crippen molar-refractivity contribution in [1.82, 2.24) is 0 Å². The molecule has 0 saturated heterocycles. The molecule has 1 nitrogen and oxygen atoms in total. The predicted octanol–water partition coefficient (Wildman–Crippen LogP) is 11.4. The summed E-state index contributed by atoms with van der Waals surface area (Å²) in [4.78, 5) is 0. The highest BCUT2D eigenvalue weighted by atomic mass is 16.3. The fourth-order valence-electron chi connectivity index (χ4n) is 7.10. The number of phenols is 1. The van der Waals surface area contributed by atoms with Crippen molar-refractivity contribution in [1.29, 1.82) is 0 Å². The minimum atomic E-state index is 0.318. The number of rotatable bonds is 3. The molecule has 42 heavy (non-hydrogen) atoms. The first-order chi connectivity index (χ1) is 20.7. The zero-order valence-corrected chi connectivity index (χ0v) is 23.5. The van der Waals surface area contributed by atoms with E-state index in [0.29, 0.717) is 11.7 Å². The summed E-state index contributed by atoms with van der Waals surface area (Å²) in [5.41, 5.74) is 9.86. The normalized spacial score (nSPS) is 14.5. The molecule has 0 radical (unpaired) electrons. The highest BCUT2D eigenvalue weighted by Crippen LogP contribution is 2.49. The average molecular weight is 539 g/mol. The summed E-state index contributed by atoms with van der Waals surface area (Å²) < 4.78 is 0. The largest absolute Gasteiger partial charge is 0.507 e. The molecule has 0 heterocycles. The average Bonchev–Trinajstić information content (AvgIpc) is 3.04. The first kappa shape index (κ1) is 24.6. The van der Waals surface area contributed by atoms with Crippen molar-refractivity contribution < 1.29 is 5.11 Å². The Balaban J connectivity index is 1.49. The third-order valence-corrected chi connectivity index (χ3v) is 8.95. The molecule has 200 valence electrons. The molecule has 1 N–H and O–H groups in total. The highest BCUT2D eigenvalue weighted by Gasteiger charge is 2.25. The van der Waals surface area contributed by atoms with Crippen molar-refractivity contribution in [3.63, 3.8) is 0 Å². The molecule has 1 atom stereocenters. The molecule has 0 saturated carbocycles. The Kier molecular flexibility index (Phi) is 5.72. The minimum Gasteiger partial charge on any atom is -0.507 e. The molecule has 1 aliphatic rings. The van der Waals surface area contributed by atoms with Crippen LogP contribution in [0.25, 0.3) is 71.8 Å². The summed E-state index contributed by atoms with van der Waals surface area (Å²) in [6.45, 7) is 2.27. The maximum atomic E-state index is 11.0. The molecule has 0 bridgehead atoms. The van der Waals surface area contributed by atoms with E-state index in [2.05, 4.69) is 134 Å². The van der Waals surface area contributed by atoms with Crippen molar-refractivity contribution in [2.45, 2.75) is 19.3 Å². The van der Waals surface area contributed by atoms with Crippen LogP contribution in [0.15, 0.2) is 133 Å². The minimum absolute atomic E-state index is 0.318. The van der Waals surface area contributed by atoms with Gasteiger partial charge in [0.25, 0.3) is 0 Å². The smallest absolute Gasteiger partial charge is 0.123 e. The number of hydrogen-bond acceptors (Lipinski definition) is 1. The van der Waals surface area contributed by atoms with Crippen molar-refractivity contribution >= 4 is 38.4 Å². The number of phenolic OH excluding ortho intramolecular Hbond substituents is 1. The lowest BCUT2D eigenvalue weighted by atomic mass is 9.78. The van der Waals surface area contributed by atoms with Gasteiger partial charge in [-0.2, -0.15) is 0 Å². The van der Waals surface area contributed by atoms with Crippen LogP contribution < -0.4 is 0 Å². The van der Waals surface area contributed by atoms with Crippen LogP contribution in [0.3, 0.4) is 0 Å². The summed E-state index contributed by atoms with van der Waals surface area (Å²) >= 11 is 0. The predicted molar refractivity (Wildman–Crippen MR) is 179 cm³/mol. The zero-order chi connectivity index (χ0) is 28.2. The van der Waals surface area contributed by atoms with Gasteiger partial charge in [0.2, 0.25) is 0 Å². The molecular weight excluding hydrogens is 508 g/mol. The first-order valence-electron chi connectivity index (χ1n) is 14.7. The Labute approximate surface area is 246 Å². The molecule has 1 unspecified atom stereocenters. The molecule has 0 amide bonds. The summed E-state index contributed by atoms with van der Waals surface area (Å²) in [5, 5.41) is 18.0. The van der Waals surface area contributed by atoms with Crippen LogP contribution in [0.4, 0.5) is 0 Å². The lowest BCUT2D eigenvalue weighted by molar-refractivity contribution is 0.481. The molecule has 0 spiro atoms. The fourth-order valence-corrected chi connectivity index (χ4v) is 7.10. The Bertz CT molecular complexity index is 2130. The van der Waals surface area contributed by atoms with Gasteiger partial charge in [-0.1, -0.05) is 128 Å². The second kappa shape index (κ2) is 9.75. The van der Waals surface area contributed by atoms with Gasteiger partial charge in [-0.15, -0.1) is 0 Å². The molecule has 7 aromatic rings. The van der Waals surface area contributed by atoms with Crippen molar-refractivity contribution in [2.75, 3.05) is 0 Å². The number of allylic oxidation sites excluding steroid dienone is 1. The van der Waals surface area contributed by atoms with E-state index >= 15 is 0 Å². The molecule has 7 aromatic carbocycles. The Morgan fingerprint density at radius 2 is 1.17 bits per heavy atom. The lowest BCUT2D eigenvalue weighted by Gasteiger charge is -2.26. The van der Waals surface area contributed by atoms with E-state index in [1.54, 1.807) is 0 Å². The zero-order valence-electron chi connectivity index (χ0n) is 23.5. The van der Waals surface area contributed by atoms with Gasteiger partial charge in [-0.25, -0.2) is 0 Å². The quantitative estimate of drug-likeness (QED) is 0.222. The van der Waals surface area contributed by atoms with Gasteiger partial charge in [0.05, 0.1) is 0 Å². The van der Waals surface area contributed by atoms with Crippen molar-refractivity contribution in [2.24, 2.45) is 0 Å². The summed E-state index contributed by atoms with van der Waals surface area (Å²) in [5.74, 6) is 0.680. The van der Waals surface area contributed by atoms with Crippen molar-refractivity contribution in [3.05, 3.63) is 145 Å². The highest BCUT2D eigenvalue weighted by molar-refractivity contribution is 6.22. The Morgan fingerprint density at radius 1 is 0.571 bits per heavy atom. The van der Waals surface area contributed by atoms with E-state index in [1.165, 1.54) is 66.1 Å². The van der Waals surface area contributed by atoms with Crippen LogP contribution in [0, 0.1) is 0 Å². The SMILES string of the molecule is CC1CC=Cc2c(-c3c4ccccc4c(-c4cccc(-c5ccccc5)c4)c4ccccc34)cc3cccc(O)c3c21. The maximum Gasteiger partial charge on any atom is 0.123 e. The molecular formula is C41H30O. The van der Waals surface area contributed by atoms with Gasteiger partial charge in [-0.3, -0.25) is 0 Å². The van der Waals surface area contributed by atoms with E-state index in [4.69, 9.17) is 0 Å². The van der Waals surface area contributed by atoms with Crippen LogP contribution in [0.5, 0.6) is 5.75 Å². The standard InChI is InChI=1S/C41H30O/c1-26-12-9-22-35-36(25-30-17-11-23-37(42)40(30)38(26)35)41-33-20-7-5-18-31(33)39(32-19-6-8-21-34(32)41)29-16-10-15-28(24-29)27-13-3-2-4-14-27/h2-11,13-26,42H,12H2,1H3. The number of benzene rings is 7. The van der Waals surface area contributed by atoms with E-state index in [1.807, 2.05) is 12.1 Å².